The Hall–Kier alpha value is -2.67. The number of nitrogens with zero attached hydrogens (tertiary/aromatic N) is 4. The topological polar surface area (TPSA) is 90.8 Å². The molecule has 0 aliphatic rings. The van der Waals surface area contributed by atoms with Gasteiger partial charge in [-0.25, -0.2) is 0 Å². The lowest BCUT2D eigenvalue weighted by atomic mass is 10.1. The molecular formula is C17H22N6O. The van der Waals surface area contributed by atoms with Gasteiger partial charge in [0.05, 0.1) is 6.04 Å². The fourth-order valence-electron chi connectivity index (χ4n) is 2.92. The Balaban J connectivity index is 1.79. The van der Waals surface area contributed by atoms with Crippen molar-refractivity contribution in [2.45, 2.75) is 32.5 Å². The predicted molar refractivity (Wildman–Crippen MR) is 92.0 cm³/mol. The van der Waals surface area contributed by atoms with E-state index in [1.165, 1.54) is 10.9 Å². The van der Waals surface area contributed by atoms with Crippen LogP contribution in [0.3, 0.4) is 0 Å². The van der Waals surface area contributed by atoms with E-state index in [0.29, 0.717) is 19.5 Å². The normalized spacial score (nSPS) is 12.6. The van der Waals surface area contributed by atoms with E-state index in [1.54, 1.807) is 6.33 Å². The van der Waals surface area contributed by atoms with Crippen LogP contribution in [0.1, 0.15) is 30.8 Å². The Morgan fingerprint density at radius 2 is 2.17 bits per heavy atom. The van der Waals surface area contributed by atoms with Crippen LogP contribution in [0.15, 0.2) is 36.8 Å². The van der Waals surface area contributed by atoms with Crippen LogP contribution < -0.4 is 11.1 Å². The SMILES string of the molecule is CC(NCc1cn(CCC(N)=O)c2ccccc12)c1nncn1C. The average molecular weight is 326 g/mol. The van der Waals surface area contributed by atoms with Crippen molar-refractivity contribution in [2.24, 2.45) is 12.8 Å². The number of nitrogens with two attached hydrogens (primary N) is 1. The number of primary amides is 1. The van der Waals surface area contributed by atoms with Gasteiger partial charge in [-0.15, -0.1) is 10.2 Å². The number of benzene rings is 1. The van der Waals surface area contributed by atoms with E-state index >= 15 is 0 Å². The minimum Gasteiger partial charge on any atom is -0.370 e. The highest BCUT2D eigenvalue weighted by atomic mass is 16.1. The molecule has 1 atom stereocenters. The van der Waals surface area contributed by atoms with Crippen molar-refractivity contribution >= 4 is 16.8 Å². The summed E-state index contributed by atoms with van der Waals surface area (Å²) in [4.78, 5) is 11.1. The van der Waals surface area contributed by atoms with Gasteiger partial charge in [0, 0.05) is 43.7 Å². The Bertz CT molecular complexity index is 850. The Kier molecular flexibility index (Phi) is 4.61. The number of carbonyl (C=O) groups excluding carboxylic acids is 1. The molecule has 3 aromatic rings. The van der Waals surface area contributed by atoms with E-state index in [1.807, 2.05) is 23.7 Å². The van der Waals surface area contributed by atoms with Crippen molar-refractivity contribution in [1.82, 2.24) is 24.6 Å². The van der Waals surface area contributed by atoms with E-state index in [-0.39, 0.29) is 11.9 Å². The van der Waals surface area contributed by atoms with Gasteiger partial charge < -0.3 is 20.2 Å². The summed E-state index contributed by atoms with van der Waals surface area (Å²) in [6.07, 6.45) is 4.12. The van der Waals surface area contributed by atoms with Crippen LogP contribution in [0.5, 0.6) is 0 Å². The van der Waals surface area contributed by atoms with Gasteiger partial charge in [-0.2, -0.15) is 0 Å². The maximum Gasteiger partial charge on any atom is 0.219 e. The van der Waals surface area contributed by atoms with E-state index in [4.69, 9.17) is 5.73 Å². The zero-order valence-corrected chi connectivity index (χ0v) is 13.9. The monoisotopic (exact) mass is 326 g/mol. The maximum absolute atomic E-state index is 11.1. The van der Waals surface area contributed by atoms with Crippen molar-refractivity contribution < 1.29 is 4.79 Å². The Morgan fingerprint density at radius 1 is 1.38 bits per heavy atom. The number of hydrogen-bond donors (Lipinski definition) is 2. The fourth-order valence-corrected chi connectivity index (χ4v) is 2.92. The van der Waals surface area contributed by atoms with Crippen molar-refractivity contribution in [3.63, 3.8) is 0 Å². The first-order chi connectivity index (χ1) is 11.6. The highest BCUT2D eigenvalue weighted by molar-refractivity contribution is 5.84. The van der Waals surface area contributed by atoms with Gasteiger partial charge in [-0.05, 0) is 18.6 Å². The van der Waals surface area contributed by atoms with E-state index < -0.39 is 0 Å². The quantitative estimate of drug-likeness (QED) is 0.688. The molecule has 126 valence electrons. The van der Waals surface area contributed by atoms with Gasteiger partial charge in [-0.3, -0.25) is 4.79 Å². The summed E-state index contributed by atoms with van der Waals surface area (Å²) in [5.74, 6) is 0.607. The molecule has 3 N–H and O–H groups in total. The highest BCUT2D eigenvalue weighted by Crippen LogP contribution is 2.22. The molecule has 2 aromatic heterocycles. The second-order valence-corrected chi connectivity index (χ2v) is 5.98. The van der Waals surface area contributed by atoms with Crippen LogP contribution in [0.25, 0.3) is 10.9 Å². The van der Waals surface area contributed by atoms with Gasteiger partial charge >= 0.3 is 0 Å². The molecule has 3 rings (SSSR count). The largest absolute Gasteiger partial charge is 0.370 e. The van der Waals surface area contributed by atoms with Crippen LogP contribution in [-0.2, 0) is 24.9 Å². The number of rotatable bonds is 7. The van der Waals surface area contributed by atoms with E-state index in [0.717, 1.165) is 11.3 Å². The second kappa shape index (κ2) is 6.84. The first kappa shape index (κ1) is 16.2. The predicted octanol–water partition coefficient (Wildman–Crippen LogP) is 1.50. The van der Waals surface area contributed by atoms with Crippen LogP contribution >= 0.6 is 0 Å². The lowest BCUT2D eigenvalue weighted by Gasteiger charge is -2.12. The van der Waals surface area contributed by atoms with Crippen molar-refractivity contribution in [1.29, 1.82) is 0 Å². The van der Waals surface area contributed by atoms with Crippen LogP contribution in [-0.4, -0.2) is 25.2 Å². The van der Waals surface area contributed by atoms with E-state index in [9.17, 15) is 4.79 Å². The molecule has 7 nitrogen and oxygen atoms in total. The third-order valence-corrected chi connectivity index (χ3v) is 4.20. The standard InChI is InChI=1S/C17H22N6O/c1-12(17-21-20-11-22(17)2)19-9-13-10-23(8-7-16(18)24)15-6-4-3-5-14(13)15/h3-6,10-12,19H,7-9H2,1-2H3,(H2,18,24). The molecule has 7 heteroatoms. The summed E-state index contributed by atoms with van der Waals surface area (Å²) in [6, 6.07) is 8.27. The molecule has 0 saturated heterocycles. The summed E-state index contributed by atoms with van der Waals surface area (Å²) < 4.78 is 4.00. The average Bonchev–Trinajstić information content (AvgIpc) is 3.14. The minimum absolute atomic E-state index is 0.0882. The van der Waals surface area contributed by atoms with Gasteiger partial charge in [0.1, 0.15) is 12.2 Å². The van der Waals surface area contributed by atoms with Crippen molar-refractivity contribution in [3.8, 4) is 0 Å². The molecule has 1 unspecified atom stereocenters. The Morgan fingerprint density at radius 3 is 2.88 bits per heavy atom. The molecule has 1 aromatic carbocycles. The second-order valence-electron chi connectivity index (χ2n) is 5.98. The summed E-state index contributed by atoms with van der Waals surface area (Å²) in [7, 11) is 1.93. The molecule has 1 amide bonds. The van der Waals surface area contributed by atoms with Gasteiger partial charge in [-0.1, -0.05) is 18.2 Å². The van der Waals surface area contributed by atoms with Gasteiger partial charge in [0.2, 0.25) is 5.91 Å². The maximum atomic E-state index is 11.1. The first-order valence-electron chi connectivity index (χ1n) is 7.98. The van der Waals surface area contributed by atoms with Gasteiger partial charge in [0.25, 0.3) is 0 Å². The molecule has 2 heterocycles. The molecule has 0 fully saturated rings. The third-order valence-electron chi connectivity index (χ3n) is 4.20. The summed E-state index contributed by atoms with van der Waals surface area (Å²) in [5.41, 5.74) is 7.58. The molecule has 0 saturated carbocycles. The lowest BCUT2D eigenvalue weighted by molar-refractivity contribution is -0.118. The minimum atomic E-state index is -0.289. The number of aromatic nitrogens is 4. The molecule has 0 bridgehead atoms. The highest BCUT2D eigenvalue weighted by Gasteiger charge is 2.13. The van der Waals surface area contributed by atoms with Crippen molar-refractivity contribution in [3.05, 3.63) is 48.2 Å². The Labute approximate surface area is 140 Å². The fraction of sp³-hybridized carbons (Fsp3) is 0.353. The number of fused-ring (bicyclic) bond motifs is 1. The number of nitrogens with one attached hydrogen (secondary N) is 1. The smallest absolute Gasteiger partial charge is 0.219 e. The molecule has 0 aliphatic heterocycles. The lowest BCUT2D eigenvalue weighted by Crippen LogP contribution is -2.21. The van der Waals surface area contributed by atoms with E-state index in [2.05, 4.69) is 45.3 Å². The molecular weight excluding hydrogens is 304 g/mol. The molecule has 24 heavy (non-hydrogen) atoms. The number of aryl methyl sites for hydroxylation is 2. The number of hydrogen-bond acceptors (Lipinski definition) is 4. The molecule has 0 spiro atoms. The van der Waals surface area contributed by atoms with Gasteiger partial charge in [0.15, 0.2) is 0 Å². The first-order valence-corrected chi connectivity index (χ1v) is 7.98. The van der Waals surface area contributed by atoms with Crippen LogP contribution in [0.4, 0.5) is 0 Å². The zero-order chi connectivity index (χ0) is 17.1. The summed E-state index contributed by atoms with van der Waals surface area (Å²) in [6.45, 7) is 3.36. The molecule has 0 aliphatic carbocycles. The summed E-state index contributed by atoms with van der Waals surface area (Å²) in [5, 5.41) is 12.7. The third kappa shape index (κ3) is 3.30. The number of carbonyl (C=O) groups is 1. The number of amides is 1. The van der Waals surface area contributed by atoms with Crippen LogP contribution in [0.2, 0.25) is 0 Å². The van der Waals surface area contributed by atoms with Crippen molar-refractivity contribution in [2.75, 3.05) is 0 Å². The molecule has 0 radical (unpaired) electrons. The number of para-hydroxylation sites is 1. The summed E-state index contributed by atoms with van der Waals surface area (Å²) >= 11 is 0. The van der Waals surface area contributed by atoms with Crippen LogP contribution in [0, 0.1) is 0 Å². The zero-order valence-electron chi connectivity index (χ0n) is 13.9.